The fourth-order valence-electron chi connectivity index (χ4n) is 4.15. The minimum absolute atomic E-state index is 0.103. The maximum Gasteiger partial charge on any atom is 0.255 e. The first-order valence-corrected chi connectivity index (χ1v) is 9.74. The van der Waals surface area contributed by atoms with Gasteiger partial charge in [0.2, 0.25) is 11.8 Å². The van der Waals surface area contributed by atoms with Gasteiger partial charge in [-0.1, -0.05) is 18.2 Å². The van der Waals surface area contributed by atoms with Gasteiger partial charge in [0.25, 0.3) is 5.91 Å². The smallest absolute Gasteiger partial charge is 0.255 e. The van der Waals surface area contributed by atoms with Crippen molar-refractivity contribution in [3.05, 3.63) is 34.9 Å². The van der Waals surface area contributed by atoms with Crippen molar-refractivity contribution in [3.8, 4) is 0 Å². The number of piperidine rings is 1. The van der Waals surface area contributed by atoms with E-state index < -0.39 is 6.04 Å². The van der Waals surface area contributed by atoms with Crippen molar-refractivity contribution in [1.82, 2.24) is 15.1 Å². The van der Waals surface area contributed by atoms with Gasteiger partial charge in [0.1, 0.15) is 6.04 Å². The second kappa shape index (κ2) is 7.40. The van der Waals surface area contributed by atoms with Crippen LogP contribution in [0.2, 0.25) is 0 Å². The van der Waals surface area contributed by atoms with E-state index in [0.29, 0.717) is 26.1 Å². The van der Waals surface area contributed by atoms with Gasteiger partial charge in [0, 0.05) is 44.7 Å². The molecule has 3 amide bonds. The van der Waals surface area contributed by atoms with Crippen LogP contribution in [0.1, 0.15) is 47.2 Å². The van der Waals surface area contributed by atoms with E-state index in [4.69, 9.17) is 5.73 Å². The first-order valence-electron chi connectivity index (χ1n) is 9.74. The third kappa shape index (κ3) is 3.75. The molecule has 144 valence electrons. The van der Waals surface area contributed by atoms with Crippen molar-refractivity contribution < 1.29 is 14.4 Å². The molecule has 1 atom stereocenters. The molecule has 1 saturated heterocycles. The molecule has 1 unspecified atom stereocenters. The molecule has 7 heteroatoms. The van der Waals surface area contributed by atoms with Crippen molar-refractivity contribution in [1.29, 1.82) is 0 Å². The zero-order valence-electron chi connectivity index (χ0n) is 15.4. The lowest BCUT2D eigenvalue weighted by atomic mass is 10.0. The van der Waals surface area contributed by atoms with Crippen LogP contribution in [0, 0.1) is 5.92 Å². The van der Waals surface area contributed by atoms with E-state index in [-0.39, 0.29) is 24.1 Å². The number of hydrogen-bond donors (Lipinski definition) is 2. The number of nitrogens with one attached hydrogen (secondary N) is 1. The molecule has 7 nitrogen and oxygen atoms in total. The topological polar surface area (TPSA) is 95.7 Å². The predicted molar refractivity (Wildman–Crippen MR) is 99.5 cm³/mol. The number of carbonyl (C=O) groups excluding carboxylic acids is 3. The van der Waals surface area contributed by atoms with E-state index in [1.165, 1.54) is 12.8 Å². The van der Waals surface area contributed by atoms with Crippen LogP contribution in [0.5, 0.6) is 0 Å². The van der Waals surface area contributed by atoms with E-state index in [1.807, 2.05) is 18.2 Å². The number of nitrogens with zero attached hydrogens (tertiary/aromatic N) is 2. The number of benzene rings is 1. The molecular weight excluding hydrogens is 344 g/mol. The van der Waals surface area contributed by atoms with Gasteiger partial charge in [-0.25, -0.2) is 0 Å². The first-order chi connectivity index (χ1) is 13.1. The van der Waals surface area contributed by atoms with Crippen LogP contribution in [-0.2, 0) is 22.7 Å². The lowest BCUT2D eigenvalue weighted by Crippen LogP contribution is -2.52. The standard InChI is InChI=1S/C20H26N4O3/c21-8-9-23(10-13-4-5-13)11-14-2-1-3-15-12-24(20(27)18(14)15)16-6-7-17(25)22-19(16)26/h1-3,13,16H,4-12,21H2,(H,22,25,26). The molecule has 0 spiro atoms. The van der Waals surface area contributed by atoms with Crippen LogP contribution in [-0.4, -0.2) is 53.2 Å². The van der Waals surface area contributed by atoms with Gasteiger partial charge in [-0.2, -0.15) is 0 Å². The molecule has 2 fully saturated rings. The van der Waals surface area contributed by atoms with Crippen molar-refractivity contribution in [2.24, 2.45) is 11.7 Å². The van der Waals surface area contributed by atoms with Gasteiger partial charge in [0.15, 0.2) is 0 Å². The first kappa shape index (κ1) is 18.1. The second-order valence-electron chi connectivity index (χ2n) is 7.82. The minimum Gasteiger partial charge on any atom is -0.329 e. The van der Waals surface area contributed by atoms with Gasteiger partial charge in [-0.05, 0) is 36.3 Å². The Kier molecular flexibility index (Phi) is 4.97. The van der Waals surface area contributed by atoms with Crippen molar-refractivity contribution in [2.75, 3.05) is 19.6 Å². The average molecular weight is 370 g/mol. The molecule has 3 aliphatic rings. The summed E-state index contributed by atoms with van der Waals surface area (Å²) >= 11 is 0. The van der Waals surface area contributed by atoms with Gasteiger partial charge in [-0.15, -0.1) is 0 Å². The lowest BCUT2D eigenvalue weighted by Gasteiger charge is -2.29. The zero-order valence-corrected chi connectivity index (χ0v) is 15.4. The highest BCUT2D eigenvalue weighted by atomic mass is 16.2. The summed E-state index contributed by atoms with van der Waals surface area (Å²) in [6.07, 6.45) is 3.21. The molecule has 4 rings (SSSR count). The Labute approximate surface area is 158 Å². The fourth-order valence-corrected chi connectivity index (χ4v) is 4.15. The number of hydrogen-bond acceptors (Lipinski definition) is 5. The Balaban J connectivity index is 1.54. The summed E-state index contributed by atoms with van der Waals surface area (Å²) < 4.78 is 0. The summed E-state index contributed by atoms with van der Waals surface area (Å²) in [6.45, 7) is 3.55. The molecule has 3 N–H and O–H groups in total. The van der Waals surface area contributed by atoms with Crippen LogP contribution in [0.25, 0.3) is 0 Å². The van der Waals surface area contributed by atoms with Crippen LogP contribution < -0.4 is 11.1 Å². The predicted octanol–water partition coefficient (Wildman–Crippen LogP) is 0.618. The molecule has 0 bridgehead atoms. The number of nitrogens with two attached hydrogens (primary N) is 1. The molecule has 2 aliphatic heterocycles. The number of rotatable bonds is 7. The maximum atomic E-state index is 13.1. The summed E-state index contributed by atoms with van der Waals surface area (Å²) in [7, 11) is 0. The summed E-state index contributed by atoms with van der Waals surface area (Å²) in [5.74, 6) is 0.0178. The number of carbonyl (C=O) groups is 3. The third-order valence-electron chi connectivity index (χ3n) is 5.69. The van der Waals surface area contributed by atoms with Crippen molar-refractivity contribution in [2.45, 2.75) is 44.8 Å². The molecule has 2 heterocycles. The Bertz CT molecular complexity index is 774. The highest BCUT2D eigenvalue weighted by Crippen LogP contribution is 2.32. The Morgan fingerprint density at radius 1 is 1.19 bits per heavy atom. The minimum atomic E-state index is -0.568. The molecule has 0 aromatic heterocycles. The Morgan fingerprint density at radius 3 is 2.70 bits per heavy atom. The van der Waals surface area contributed by atoms with Crippen LogP contribution in [0.3, 0.4) is 0 Å². The number of imide groups is 1. The van der Waals surface area contributed by atoms with Gasteiger partial charge in [-0.3, -0.25) is 24.6 Å². The Morgan fingerprint density at radius 2 is 2.00 bits per heavy atom. The van der Waals surface area contributed by atoms with E-state index in [1.54, 1.807) is 4.90 Å². The zero-order chi connectivity index (χ0) is 19.0. The van der Waals surface area contributed by atoms with Gasteiger partial charge < -0.3 is 10.6 Å². The van der Waals surface area contributed by atoms with Gasteiger partial charge >= 0.3 is 0 Å². The molecule has 1 saturated carbocycles. The van der Waals surface area contributed by atoms with E-state index >= 15 is 0 Å². The summed E-state index contributed by atoms with van der Waals surface area (Å²) in [4.78, 5) is 40.7. The summed E-state index contributed by atoms with van der Waals surface area (Å²) in [5, 5.41) is 2.35. The molecule has 1 aromatic carbocycles. The fraction of sp³-hybridized carbons (Fsp3) is 0.550. The third-order valence-corrected chi connectivity index (χ3v) is 5.69. The average Bonchev–Trinajstić information content (AvgIpc) is 3.38. The molecular formula is C20H26N4O3. The van der Waals surface area contributed by atoms with E-state index in [2.05, 4.69) is 10.2 Å². The molecule has 1 aromatic rings. The highest BCUT2D eigenvalue weighted by molar-refractivity contribution is 6.05. The van der Waals surface area contributed by atoms with Gasteiger partial charge in [0.05, 0.1) is 0 Å². The molecule has 1 aliphatic carbocycles. The lowest BCUT2D eigenvalue weighted by molar-refractivity contribution is -0.136. The highest BCUT2D eigenvalue weighted by Gasteiger charge is 2.40. The van der Waals surface area contributed by atoms with Crippen LogP contribution in [0.15, 0.2) is 18.2 Å². The Hall–Kier alpha value is -2.25. The SMILES string of the molecule is NCCN(Cc1cccc2c1C(=O)N(C1CCC(=O)NC1=O)C2)CC1CC1. The largest absolute Gasteiger partial charge is 0.329 e. The van der Waals surface area contributed by atoms with Crippen LogP contribution in [0.4, 0.5) is 0 Å². The summed E-state index contributed by atoms with van der Waals surface area (Å²) in [6, 6.07) is 5.37. The second-order valence-corrected chi connectivity index (χ2v) is 7.82. The monoisotopic (exact) mass is 370 g/mol. The summed E-state index contributed by atoms with van der Waals surface area (Å²) in [5.41, 5.74) is 8.46. The normalized spacial score (nSPS) is 22.4. The number of amides is 3. The van der Waals surface area contributed by atoms with Crippen LogP contribution >= 0.6 is 0 Å². The van der Waals surface area contributed by atoms with Crippen molar-refractivity contribution in [3.63, 3.8) is 0 Å². The molecule has 27 heavy (non-hydrogen) atoms. The number of fused-ring (bicyclic) bond motifs is 1. The molecule has 0 radical (unpaired) electrons. The van der Waals surface area contributed by atoms with E-state index in [0.717, 1.165) is 35.7 Å². The quantitative estimate of drug-likeness (QED) is 0.686. The maximum absolute atomic E-state index is 13.1. The van der Waals surface area contributed by atoms with Crippen molar-refractivity contribution >= 4 is 17.7 Å². The van der Waals surface area contributed by atoms with E-state index in [9.17, 15) is 14.4 Å².